The maximum Gasteiger partial charge on any atom is 0.333 e. The number of carbonyl (C=O) groups excluding carboxylic acids is 6. The molecule has 0 fully saturated rings. The van der Waals surface area contributed by atoms with Crippen LogP contribution in [0.5, 0.6) is 0 Å². The Morgan fingerprint density at radius 3 is 1.64 bits per heavy atom. The Kier molecular flexibility index (Phi) is 17.1. The molecule has 0 radical (unpaired) electrons. The minimum atomic E-state index is -0.824. The van der Waals surface area contributed by atoms with E-state index in [0.29, 0.717) is 25.7 Å². The highest BCUT2D eigenvalue weighted by Crippen LogP contribution is 2.07. The molecule has 0 spiro atoms. The molecule has 4 amide bonds. The van der Waals surface area contributed by atoms with Gasteiger partial charge in [-0.3, -0.25) is 19.4 Å². The van der Waals surface area contributed by atoms with Crippen molar-refractivity contribution >= 4 is 35.8 Å². The quantitative estimate of drug-likeness (QED) is 0.126. The number of amides is 4. The number of imide groups is 2. The Balaban J connectivity index is 5.13. The van der Waals surface area contributed by atoms with Gasteiger partial charge in [-0.05, 0) is 38.2 Å². The summed E-state index contributed by atoms with van der Waals surface area (Å²) < 4.78 is 14.6. The van der Waals surface area contributed by atoms with Crippen LogP contribution in [-0.2, 0) is 38.2 Å². The second kappa shape index (κ2) is 19.3. The largest absolute Gasteiger partial charge is 0.463 e. The van der Waals surface area contributed by atoms with E-state index in [1.165, 1.54) is 19.1 Å². The molecular formula is C25H34N2O9. The number of ether oxygens (including phenoxy) is 3. The van der Waals surface area contributed by atoms with Crippen LogP contribution >= 0.6 is 0 Å². The van der Waals surface area contributed by atoms with Gasteiger partial charge in [-0.25, -0.2) is 19.2 Å². The van der Waals surface area contributed by atoms with E-state index in [0.717, 1.165) is 28.0 Å². The molecule has 198 valence electrons. The molecule has 0 aliphatic carbocycles. The van der Waals surface area contributed by atoms with Crippen molar-refractivity contribution in [2.45, 2.75) is 39.0 Å². The van der Waals surface area contributed by atoms with Gasteiger partial charge in [0.25, 0.3) is 5.91 Å². The zero-order chi connectivity index (χ0) is 27.3. The van der Waals surface area contributed by atoms with Crippen LogP contribution in [0.2, 0.25) is 0 Å². The van der Waals surface area contributed by atoms with Crippen molar-refractivity contribution in [3.63, 3.8) is 0 Å². The lowest BCUT2D eigenvalue weighted by molar-refractivity contribution is -0.139. The van der Waals surface area contributed by atoms with Crippen LogP contribution in [0.25, 0.3) is 0 Å². The molecular weight excluding hydrogens is 472 g/mol. The number of unbranched alkanes of at least 4 members (excludes halogenated alkanes) is 2. The van der Waals surface area contributed by atoms with Gasteiger partial charge in [0, 0.05) is 38.2 Å². The zero-order valence-electron chi connectivity index (χ0n) is 20.6. The Morgan fingerprint density at radius 2 is 1.14 bits per heavy atom. The first-order valence-corrected chi connectivity index (χ1v) is 11.4. The third kappa shape index (κ3) is 14.3. The fraction of sp³-hybridized carbons (Fsp3) is 0.440. The third-order valence-corrected chi connectivity index (χ3v) is 4.42. The number of hydrogen-bond donors (Lipinski definition) is 0. The van der Waals surface area contributed by atoms with Gasteiger partial charge < -0.3 is 14.2 Å². The zero-order valence-corrected chi connectivity index (χ0v) is 20.6. The minimum Gasteiger partial charge on any atom is -0.463 e. The van der Waals surface area contributed by atoms with E-state index in [4.69, 9.17) is 14.2 Å². The summed E-state index contributed by atoms with van der Waals surface area (Å²) in [7, 11) is 0. The molecule has 0 atom stereocenters. The summed E-state index contributed by atoms with van der Waals surface area (Å²) in [5.74, 6) is -2.99. The number of nitrogens with zero attached hydrogens (tertiary/aromatic N) is 2. The first-order valence-electron chi connectivity index (χ1n) is 11.4. The lowest BCUT2D eigenvalue weighted by Crippen LogP contribution is -2.48. The average Bonchev–Trinajstić information content (AvgIpc) is 2.86. The van der Waals surface area contributed by atoms with Crippen molar-refractivity contribution in [3.05, 3.63) is 50.1 Å². The molecule has 0 aromatic heterocycles. The van der Waals surface area contributed by atoms with Gasteiger partial charge in [0.1, 0.15) is 0 Å². The molecule has 0 aliphatic heterocycles. The highest BCUT2D eigenvalue weighted by molar-refractivity contribution is 6.05. The molecule has 0 aliphatic rings. The molecule has 0 N–H and O–H groups in total. The van der Waals surface area contributed by atoms with E-state index in [1.54, 1.807) is 0 Å². The topological polar surface area (TPSA) is 137 Å². The molecule has 0 bridgehead atoms. The third-order valence-electron chi connectivity index (χ3n) is 4.42. The molecule has 0 aromatic rings. The van der Waals surface area contributed by atoms with Gasteiger partial charge in [-0.15, -0.1) is 0 Å². The van der Waals surface area contributed by atoms with Crippen LogP contribution in [0, 0.1) is 0 Å². The number of allylic oxidation sites excluding steroid dienone is 1. The summed E-state index contributed by atoms with van der Waals surface area (Å²) in [6.45, 7) is 11.1. The second-order valence-electron chi connectivity index (χ2n) is 7.16. The number of urea groups is 1. The number of rotatable bonds is 17. The van der Waals surface area contributed by atoms with Gasteiger partial charge in [-0.1, -0.05) is 25.8 Å². The van der Waals surface area contributed by atoms with Crippen molar-refractivity contribution in [3.8, 4) is 0 Å². The smallest absolute Gasteiger partial charge is 0.333 e. The van der Waals surface area contributed by atoms with Crippen LogP contribution in [0.4, 0.5) is 4.79 Å². The molecule has 36 heavy (non-hydrogen) atoms. The van der Waals surface area contributed by atoms with E-state index < -0.39 is 35.8 Å². The molecule has 0 unspecified atom stereocenters. The van der Waals surface area contributed by atoms with Crippen molar-refractivity contribution in [1.29, 1.82) is 0 Å². The van der Waals surface area contributed by atoms with E-state index in [9.17, 15) is 28.8 Å². The van der Waals surface area contributed by atoms with E-state index >= 15 is 0 Å². The van der Waals surface area contributed by atoms with Crippen molar-refractivity contribution in [2.75, 3.05) is 32.9 Å². The lowest BCUT2D eigenvalue weighted by atomic mass is 10.2. The van der Waals surface area contributed by atoms with Crippen LogP contribution in [0.3, 0.4) is 0 Å². The van der Waals surface area contributed by atoms with Crippen LogP contribution in [-0.4, -0.2) is 78.5 Å². The standard InChI is InChI=1S/C25H34N2O9/c1-5-22(30)34-17-11-8-9-14-21(29)27(16-13-19-36-24(32)7-3)25(33)26(20(4)28)15-10-12-18-35-23(31)6-2/h5-7,9,14H,1-3,8,10-13,15-19H2,4H3/b14-9+. The van der Waals surface area contributed by atoms with Gasteiger partial charge in [0.05, 0.1) is 19.8 Å². The number of carbonyl (C=O) groups is 6. The van der Waals surface area contributed by atoms with Crippen molar-refractivity contribution in [2.24, 2.45) is 0 Å². The summed E-state index contributed by atoms with van der Waals surface area (Å²) in [5.41, 5.74) is 0. The number of esters is 3. The monoisotopic (exact) mass is 506 g/mol. The summed E-state index contributed by atoms with van der Waals surface area (Å²) in [6.07, 6.45) is 7.50. The predicted octanol–water partition coefficient (Wildman–Crippen LogP) is 2.48. The molecule has 0 heterocycles. The molecule has 0 saturated carbocycles. The Bertz CT molecular complexity index is 848. The van der Waals surface area contributed by atoms with Crippen molar-refractivity contribution in [1.82, 2.24) is 9.80 Å². The first-order chi connectivity index (χ1) is 17.2. The molecule has 11 nitrogen and oxygen atoms in total. The SMILES string of the molecule is C=CC(=O)OCCC/C=C/C(=O)N(CCCOC(=O)C=C)C(=O)N(CCCCOC(=O)C=C)C(C)=O. The van der Waals surface area contributed by atoms with Crippen LogP contribution in [0.15, 0.2) is 50.1 Å². The van der Waals surface area contributed by atoms with Crippen LogP contribution < -0.4 is 0 Å². The Labute approximate surface area is 211 Å². The maximum absolute atomic E-state index is 13.1. The minimum absolute atomic E-state index is 0.00736. The molecule has 0 saturated heterocycles. The van der Waals surface area contributed by atoms with Gasteiger partial charge in [0.2, 0.25) is 5.91 Å². The Hall–Kier alpha value is -4.02. The molecule has 0 rings (SSSR count). The van der Waals surface area contributed by atoms with E-state index in [1.807, 2.05) is 0 Å². The first kappa shape index (κ1) is 32.0. The highest BCUT2D eigenvalue weighted by atomic mass is 16.5. The lowest BCUT2D eigenvalue weighted by Gasteiger charge is -2.27. The van der Waals surface area contributed by atoms with Gasteiger partial charge in [0.15, 0.2) is 0 Å². The number of hydrogen-bond acceptors (Lipinski definition) is 9. The second-order valence-corrected chi connectivity index (χ2v) is 7.16. The van der Waals surface area contributed by atoms with Gasteiger partial charge >= 0.3 is 23.9 Å². The summed E-state index contributed by atoms with van der Waals surface area (Å²) in [5, 5.41) is 0. The fourth-order valence-electron chi connectivity index (χ4n) is 2.60. The van der Waals surface area contributed by atoms with Gasteiger partial charge in [-0.2, -0.15) is 0 Å². The summed E-state index contributed by atoms with van der Waals surface area (Å²) in [6, 6.07) is -0.824. The normalized spacial score (nSPS) is 10.1. The molecule has 0 aromatic carbocycles. The summed E-state index contributed by atoms with van der Waals surface area (Å²) >= 11 is 0. The van der Waals surface area contributed by atoms with Crippen LogP contribution in [0.1, 0.15) is 39.0 Å². The summed E-state index contributed by atoms with van der Waals surface area (Å²) in [4.78, 5) is 73.1. The average molecular weight is 507 g/mol. The fourth-order valence-corrected chi connectivity index (χ4v) is 2.60. The Morgan fingerprint density at radius 1 is 0.667 bits per heavy atom. The van der Waals surface area contributed by atoms with E-state index in [-0.39, 0.29) is 39.3 Å². The predicted molar refractivity (Wildman–Crippen MR) is 130 cm³/mol. The molecule has 11 heteroatoms. The van der Waals surface area contributed by atoms with E-state index in [2.05, 4.69) is 19.7 Å². The van der Waals surface area contributed by atoms with Crippen molar-refractivity contribution < 1.29 is 43.0 Å². The maximum atomic E-state index is 13.1. The highest BCUT2D eigenvalue weighted by Gasteiger charge is 2.27.